The molecule has 1 aromatic heterocycles. The maximum Gasteiger partial charge on any atom is 0.243 e. The highest BCUT2D eigenvalue weighted by atomic mass is 16.5. The zero-order chi connectivity index (χ0) is 13.8. The van der Waals surface area contributed by atoms with Crippen molar-refractivity contribution in [1.82, 2.24) is 5.16 Å². The van der Waals surface area contributed by atoms with Gasteiger partial charge in [-0.25, -0.2) is 0 Å². The molecule has 5 nitrogen and oxygen atoms in total. The predicted octanol–water partition coefficient (Wildman–Crippen LogP) is 2.39. The zero-order valence-electron chi connectivity index (χ0n) is 11.7. The molecule has 0 radical (unpaired) electrons. The molecular weight excluding hydrogens is 242 g/mol. The van der Waals surface area contributed by atoms with Crippen LogP contribution in [0.3, 0.4) is 0 Å². The number of anilines is 1. The first-order valence-corrected chi connectivity index (χ1v) is 7.15. The number of aryl methyl sites for hydroxylation is 1. The van der Waals surface area contributed by atoms with Gasteiger partial charge >= 0.3 is 0 Å². The van der Waals surface area contributed by atoms with Crippen LogP contribution < -0.4 is 11.1 Å². The van der Waals surface area contributed by atoms with E-state index in [1.807, 2.05) is 13.8 Å². The number of nitrogens with two attached hydrogens (primary N) is 1. The number of nitrogens with zero attached hydrogens (tertiary/aromatic N) is 1. The van der Waals surface area contributed by atoms with Gasteiger partial charge in [0.2, 0.25) is 11.8 Å². The normalized spacial score (nSPS) is 18.3. The van der Waals surface area contributed by atoms with Crippen molar-refractivity contribution in [3.8, 4) is 0 Å². The lowest BCUT2D eigenvalue weighted by atomic mass is 9.84. The fraction of sp³-hybridized carbons (Fsp3) is 0.714. The third-order valence-electron chi connectivity index (χ3n) is 4.05. The minimum atomic E-state index is -0.449. The Morgan fingerprint density at radius 2 is 2.16 bits per heavy atom. The van der Waals surface area contributed by atoms with Crippen molar-refractivity contribution in [1.29, 1.82) is 0 Å². The molecule has 0 spiro atoms. The highest BCUT2D eigenvalue weighted by Crippen LogP contribution is 2.26. The molecule has 5 heteroatoms. The summed E-state index contributed by atoms with van der Waals surface area (Å²) in [5.74, 6) is 0.574. The molecule has 1 fully saturated rings. The van der Waals surface area contributed by atoms with Gasteiger partial charge in [0.15, 0.2) is 0 Å². The molecule has 1 aromatic rings. The van der Waals surface area contributed by atoms with E-state index in [1.54, 1.807) is 0 Å². The van der Waals surface area contributed by atoms with Crippen LogP contribution in [-0.4, -0.2) is 17.1 Å². The number of hydrogen-bond acceptors (Lipinski definition) is 4. The first-order chi connectivity index (χ1) is 9.13. The van der Waals surface area contributed by atoms with Gasteiger partial charge in [0, 0.05) is 5.56 Å². The molecule has 0 aliphatic heterocycles. The largest absolute Gasteiger partial charge is 0.338 e. The van der Waals surface area contributed by atoms with Gasteiger partial charge in [0.05, 0.1) is 11.7 Å². The molecule has 1 saturated carbocycles. The summed E-state index contributed by atoms with van der Waals surface area (Å²) in [4.78, 5) is 12.1. The van der Waals surface area contributed by atoms with Gasteiger partial charge in [-0.05, 0) is 32.1 Å². The Bertz CT molecular complexity index is 436. The number of hydrogen-bond donors (Lipinski definition) is 2. The summed E-state index contributed by atoms with van der Waals surface area (Å²) < 4.78 is 5.16. The molecule has 19 heavy (non-hydrogen) atoms. The third kappa shape index (κ3) is 3.15. The Balaban J connectivity index is 1.97. The number of nitrogens with one attached hydrogen (secondary N) is 1. The van der Waals surface area contributed by atoms with Crippen LogP contribution in [0.15, 0.2) is 4.52 Å². The van der Waals surface area contributed by atoms with Crippen LogP contribution in [0, 0.1) is 12.8 Å². The van der Waals surface area contributed by atoms with Crippen molar-refractivity contribution < 1.29 is 9.32 Å². The van der Waals surface area contributed by atoms with Gasteiger partial charge in [0.1, 0.15) is 0 Å². The second kappa shape index (κ2) is 6.19. The summed E-state index contributed by atoms with van der Waals surface area (Å²) in [5.41, 5.74) is 7.83. The van der Waals surface area contributed by atoms with Crippen LogP contribution in [0.25, 0.3) is 0 Å². The maximum absolute atomic E-state index is 12.1. The first kappa shape index (κ1) is 14.1. The number of aromatic nitrogens is 1. The Morgan fingerprint density at radius 1 is 1.47 bits per heavy atom. The van der Waals surface area contributed by atoms with Crippen molar-refractivity contribution in [3.05, 3.63) is 11.3 Å². The lowest BCUT2D eigenvalue weighted by Gasteiger charge is -2.26. The van der Waals surface area contributed by atoms with E-state index in [-0.39, 0.29) is 5.91 Å². The smallest absolute Gasteiger partial charge is 0.243 e. The fourth-order valence-corrected chi connectivity index (χ4v) is 2.72. The second-order valence-electron chi connectivity index (χ2n) is 5.35. The molecule has 2 rings (SSSR count). The molecule has 0 aromatic carbocycles. The maximum atomic E-state index is 12.1. The lowest BCUT2D eigenvalue weighted by Crippen LogP contribution is -2.42. The average Bonchev–Trinajstić information content (AvgIpc) is 2.79. The van der Waals surface area contributed by atoms with Crippen LogP contribution in [0.1, 0.15) is 50.3 Å². The summed E-state index contributed by atoms with van der Waals surface area (Å²) in [6, 6.07) is -0.449. The Labute approximate surface area is 113 Å². The predicted molar refractivity (Wildman–Crippen MR) is 73.8 cm³/mol. The van der Waals surface area contributed by atoms with E-state index in [0.717, 1.165) is 30.5 Å². The summed E-state index contributed by atoms with van der Waals surface area (Å²) >= 11 is 0. The van der Waals surface area contributed by atoms with E-state index in [2.05, 4.69) is 10.5 Å². The summed E-state index contributed by atoms with van der Waals surface area (Å²) in [6.45, 7) is 3.90. The molecule has 1 heterocycles. The first-order valence-electron chi connectivity index (χ1n) is 7.15. The number of carbonyl (C=O) groups excluding carboxylic acids is 1. The van der Waals surface area contributed by atoms with Crippen molar-refractivity contribution in [2.24, 2.45) is 11.7 Å². The van der Waals surface area contributed by atoms with Gasteiger partial charge in [-0.3, -0.25) is 10.1 Å². The van der Waals surface area contributed by atoms with Crippen LogP contribution >= 0.6 is 0 Å². The minimum Gasteiger partial charge on any atom is -0.338 e. The Morgan fingerprint density at radius 3 is 2.74 bits per heavy atom. The molecule has 1 aliphatic carbocycles. The molecule has 1 atom stereocenters. The van der Waals surface area contributed by atoms with E-state index in [4.69, 9.17) is 10.3 Å². The lowest BCUT2D eigenvalue weighted by molar-refractivity contribution is -0.118. The molecule has 0 saturated heterocycles. The highest BCUT2D eigenvalue weighted by Gasteiger charge is 2.27. The number of carbonyl (C=O) groups is 1. The molecule has 1 amide bonds. The van der Waals surface area contributed by atoms with Gasteiger partial charge in [-0.1, -0.05) is 31.3 Å². The zero-order valence-corrected chi connectivity index (χ0v) is 11.7. The molecule has 0 unspecified atom stereocenters. The fourth-order valence-electron chi connectivity index (χ4n) is 2.72. The van der Waals surface area contributed by atoms with E-state index in [9.17, 15) is 4.79 Å². The van der Waals surface area contributed by atoms with E-state index < -0.39 is 6.04 Å². The van der Waals surface area contributed by atoms with Crippen molar-refractivity contribution >= 4 is 11.8 Å². The van der Waals surface area contributed by atoms with Gasteiger partial charge in [-0.15, -0.1) is 0 Å². The van der Waals surface area contributed by atoms with Gasteiger partial charge < -0.3 is 10.3 Å². The SMILES string of the molecule is CCc1noc(NC(=O)[C@@H](N)C2CCCCC2)c1C. The highest BCUT2D eigenvalue weighted by molar-refractivity contribution is 5.94. The van der Waals surface area contributed by atoms with Crippen molar-refractivity contribution in [2.75, 3.05) is 5.32 Å². The minimum absolute atomic E-state index is 0.159. The summed E-state index contributed by atoms with van der Waals surface area (Å²) in [7, 11) is 0. The molecular formula is C14H23N3O2. The van der Waals surface area contributed by atoms with E-state index in [0.29, 0.717) is 11.8 Å². The van der Waals surface area contributed by atoms with Crippen molar-refractivity contribution in [3.63, 3.8) is 0 Å². The Kier molecular flexibility index (Phi) is 4.58. The summed E-state index contributed by atoms with van der Waals surface area (Å²) in [6.07, 6.45) is 6.49. The number of amides is 1. The van der Waals surface area contributed by atoms with Crippen LogP contribution in [0.2, 0.25) is 0 Å². The molecule has 1 aliphatic rings. The van der Waals surface area contributed by atoms with Crippen molar-refractivity contribution in [2.45, 2.75) is 58.4 Å². The quantitative estimate of drug-likeness (QED) is 0.875. The second-order valence-corrected chi connectivity index (χ2v) is 5.35. The molecule has 3 N–H and O–H groups in total. The third-order valence-corrected chi connectivity index (χ3v) is 4.05. The topological polar surface area (TPSA) is 81.2 Å². The van der Waals surface area contributed by atoms with Crippen LogP contribution in [0.4, 0.5) is 5.88 Å². The van der Waals surface area contributed by atoms with Gasteiger partial charge in [-0.2, -0.15) is 0 Å². The molecule has 106 valence electrons. The van der Waals surface area contributed by atoms with Crippen LogP contribution in [-0.2, 0) is 11.2 Å². The standard InChI is InChI=1S/C14H23N3O2/c1-3-11-9(2)14(19-17-11)16-13(18)12(15)10-7-5-4-6-8-10/h10,12H,3-8,15H2,1-2H3,(H,16,18)/t12-/m0/s1. The van der Waals surface area contributed by atoms with E-state index in [1.165, 1.54) is 19.3 Å². The Hall–Kier alpha value is -1.36. The van der Waals surface area contributed by atoms with Gasteiger partial charge in [0.25, 0.3) is 0 Å². The summed E-state index contributed by atoms with van der Waals surface area (Å²) in [5, 5.41) is 6.70. The number of rotatable bonds is 4. The molecule has 0 bridgehead atoms. The van der Waals surface area contributed by atoms with Crippen LogP contribution in [0.5, 0.6) is 0 Å². The average molecular weight is 265 g/mol. The monoisotopic (exact) mass is 265 g/mol. The van der Waals surface area contributed by atoms with E-state index >= 15 is 0 Å².